The Labute approximate surface area is 101 Å². The smallest absolute Gasteiger partial charge is 0.242 e. The van der Waals surface area contributed by atoms with Crippen molar-refractivity contribution in [3.63, 3.8) is 0 Å². The molecular formula is C12H18N4O. The summed E-state index contributed by atoms with van der Waals surface area (Å²) in [5.41, 5.74) is 0.865. The van der Waals surface area contributed by atoms with Gasteiger partial charge in [0.15, 0.2) is 0 Å². The molecule has 2 rings (SSSR count). The van der Waals surface area contributed by atoms with Crippen LogP contribution in [0.5, 0.6) is 0 Å². The second-order valence-corrected chi connectivity index (χ2v) is 4.43. The first-order chi connectivity index (χ1) is 8.15. The SMILES string of the molecule is Cc1cc(NC(=O)C2CCCCN2)nc(C)n1. The Hall–Kier alpha value is -1.49. The molecule has 0 aromatic carbocycles. The Morgan fingerprint density at radius 2 is 2.24 bits per heavy atom. The van der Waals surface area contributed by atoms with E-state index in [1.54, 1.807) is 6.07 Å². The van der Waals surface area contributed by atoms with Crippen molar-refractivity contribution < 1.29 is 4.79 Å². The maximum atomic E-state index is 12.0. The zero-order chi connectivity index (χ0) is 12.3. The highest BCUT2D eigenvalue weighted by molar-refractivity contribution is 5.94. The van der Waals surface area contributed by atoms with E-state index in [1.165, 1.54) is 0 Å². The summed E-state index contributed by atoms with van der Waals surface area (Å²) in [6.07, 6.45) is 3.15. The molecule has 1 aliphatic rings. The van der Waals surface area contributed by atoms with Crippen LogP contribution in [0.4, 0.5) is 5.82 Å². The molecule has 1 amide bonds. The molecule has 5 nitrogen and oxygen atoms in total. The number of hydrogen-bond donors (Lipinski definition) is 2. The third-order valence-electron chi connectivity index (χ3n) is 2.84. The predicted octanol–water partition coefficient (Wildman–Crippen LogP) is 1.17. The van der Waals surface area contributed by atoms with Gasteiger partial charge in [0.05, 0.1) is 6.04 Å². The summed E-state index contributed by atoms with van der Waals surface area (Å²) in [4.78, 5) is 20.3. The fourth-order valence-electron chi connectivity index (χ4n) is 2.07. The van der Waals surface area contributed by atoms with Crippen molar-refractivity contribution in [3.05, 3.63) is 17.6 Å². The van der Waals surface area contributed by atoms with Gasteiger partial charge in [-0.2, -0.15) is 0 Å². The van der Waals surface area contributed by atoms with Crippen LogP contribution in [0.2, 0.25) is 0 Å². The zero-order valence-corrected chi connectivity index (χ0v) is 10.3. The molecule has 1 atom stereocenters. The standard InChI is InChI=1S/C12H18N4O/c1-8-7-11(15-9(2)14-8)16-12(17)10-5-3-4-6-13-10/h7,10,13H,3-6H2,1-2H3,(H,14,15,16,17). The molecule has 5 heteroatoms. The molecule has 0 bridgehead atoms. The van der Waals surface area contributed by atoms with E-state index in [4.69, 9.17) is 0 Å². The molecular weight excluding hydrogens is 216 g/mol. The second kappa shape index (κ2) is 5.23. The Bertz CT molecular complexity index is 393. The van der Waals surface area contributed by atoms with Crippen LogP contribution in [0, 0.1) is 13.8 Å². The third-order valence-corrected chi connectivity index (χ3v) is 2.84. The summed E-state index contributed by atoms with van der Waals surface area (Å²) in [5, 5.41) is 6.05. The maximum Gasteiger partial charge on any atom is 0.242 e. The molecule has 1 aromatic heterocycles. The summed E-state index contributed by atoms with van der Waals surface area (Å²) in [5.74, 6) is 1.27. The average molecular weight is 234 g/mol. The van der Waals surface area contributed by atoms with Crippen LogP contribution < -0.4 is 10.6 Å². The summed E-state index contributed by atoms with van der Waals surface area (Å²) in [7, 11) is 0. The molecule has 0 saturated carbocycles. The number of piperidine rings is 1. The number of rotatable bonds is 2. The van der Waals surface area contributed by atoms with E-state index in [0.717, 1.165) is 31.5 Å². The summed E-state index contributed by atoms with van der Waals surface area (Å²) in [6, 6.07) is 1.70. The van der Waals surface area contributed by atoms with Gasteiger partial charge in [-0.1, -0.05) is 6.42 Å². The van der Waals surface area contributed by atoms with Crippen LogP contribution in [0.1, 0.15) is 30.8 Å². The van der Waals surface area contributed by atoms with Gasteiger partial charge < -0.3 is 10.6 Å². The van der Waals surface area contributed by atoms with Gasteiger partial charge >= 0.3 is 0 Å². The molecule has 1 unspecified atom stereocenters. The monoisotopic (exact) mass is 234 g/mol. The molecule has 1 saturated heterocycles. The number of nitrogens with one attached hydrogen (secondary N) is 2. The average Bonchev–Trinajstić information content (AvgIpc) is 2.28. The maximum absolute atomic E-state index is 12.0. The minimum absolute atomic E-state index is 0.00204. The molecule has 0 spiro atoms. The number of hydrogen-bond acceptors (Lipinski definition) is 4. The number of aromatic nitrogens is 2. The fourth-order valence-corrected chi connectivity index (χ4v) is 2.07. The van der Waals surface area contributed by atoms with Gasteiger partial charge in [0.2, 0.25) is 5.91 Å². The van der Waals surface area contributed by atoms with E-state index < -0.39 is 0 Å². The molecule has 1 fully saturated rings. The van der Waals surface area contributed by atoms with E-state index in [1.807, 2.05) is 13.8 Å². The summed E-state index contributed by atoms with van der Waals surface area (Å²) >= 11 is 0. The van der Waals surface area contributed by atoms with Crippen molar-refractivity contribution in [1.82, 2.24) is 15.3 Å². The van der Waals surface area contributed by atoms with E-state index in [9.17, 15) is 4.79 Å². The molecule has 2 heterocycles. The minimum Gasteiger partial charge on any atom is -0.309 e. The molecule has 0 aliphatic carbocycles. The Morgan fingerprint density at radius 1 is 1.41 bits per heavy atom. The van der Waals surface area contributed by atoms with Gasteiger partial charge in [-0.3, -0.25) is 4.79 Å². The van der Waals surface area contributed by atoms with Crippen molar-refractivity contribution >= 4 is 11.7 Å². The van der Waals surface area contributed by atoms with E-state index >= 15 is 0 Å². The number of carbonyl (C=O) groups is 1. The van der Waals surface area contributed by atoms with Crippen LogP contribution in [-0.4, -0.2) is 28.5 Å². The summed E-state index contributed by atoms with van der Waals surface area (Å²) in [6.45, 7) is 4.63. The lowest BCUT2D eigenvalue weighted by molar-refractivity contribution is -0.118. The van der Waals surface area contributed by atoms with Crippen LogP contribution in [-0.2, 0) is 4.79 Å². The number of amides is 1. The second-order valence-electron chi connectivity index (χ2n) is 4.43. The highest BCUT2D eigenvalue weighted by atomic mass is 16.2. The van der Waals surface area contributed by atoms with Crippen LogP contribution in [0.25, 0.3) is 0 Å². The molecule has 17 heavy (non-hydrogen) atoms. The fraction of sp³-hybridized carbons (Fsp3) is 0.583. The lowest BCUT2D eigenvalue weighted by Crippen LogP contribution is -2.43. The van der Waals surface area contributed by atoms with E-state index in [2.05, 4.69) is 20.6 Å². The Kier molecular flexibility index (Phi) is 3.68. The zero-order valence-electron chi connectivity index (χ0n) is 10.3. The Balaban J connectivity index is 2.01. The largest absolute Gasteiger partial charge is 0.309 e. The van der Waals surface area contributed by atoms with Crippen molar-refractivity contribution in [2.24, 2.45) is 0 Å². The van der Waals surface area contributed by atoms with Crippen molar-refractivity contribution in [3.8, 4) is 0 Å². The minimum atomic E-state index is -0.0840. The molecule has 1 aliphatic heterocycles. The normalized spacial score (nSPS) is 20.0. The van der Waals surface area contributed by atoms with E-state index in [-0.39, 0.29) is 11.9 Å². The van der Waals surface area contributed by atoms with Gasteiger partial charge in [0, 0.05) is 11.8 Å². The third kappa shape index (κ3) is 3.23. The molecule has 2 N–H and O–H groups in total. The highest BCUT2D eigenvalue weighted by Crippen LogP contribution is 2.10. The molecule has 1 aromatic rings. The molecule has 92 valence electrons. The van der Waals surface area contributed by atoms with E-state index in [0.29, 0.717) is 11.6 Å². The summed E-state index contributed by atoms with van der Waals surface area (Å²) < 4.78 is 0. The van der Waals surface area contributed by atoms with Crippen molar-refractivity contribution in [2.75, 3.05) is 11.9 Å². The van der Waals surface area contributed by atoms with Gasteiger partial charge in [-0.25, -0.2) is 9.97 Å². The first-order valence-electron chi connectivity index (χ1n) is 6.02. The lowest BCUT2D eigenvalue weighted by Gasteiger charge is -2.22. The van der Waals surface area contributed by atoms with Gasteiger partial charge in [0.1, 0.15) is 11.6 Å². The number of aryl methyl sites for hydroxylation is 2. The quantitative estimate of drug-likeness (QED) is 0.806. The topological polar surface area (TPSA) is 66.9 Å². The Morgan fingerprint density at radius 3 is 2.88 bits per heavy atom. The molecule has 0 radical (unpaired) electrons. The van der Waals surface area contributed by atoms with Gasteiger partial charge in [-0.05, 0) is 33.2 Å². The lowest BCUT2D eigenvalue weighted by atomic mass is 10.0. The number of carbonyl (C=O) groups excluding carboxylic acids is 1. The predicted molar refractivity (Wildman–Crippen MR) is 65.8 cm³/mol. The number of anilines is 1. The van der Waals surface area contributed by atoms with Crippen molar-refractivity contribution in [1.29, 1.82) is 0 Å². The highest BCUT2D eigenvalue weighted by Gasteiger charge is 2.20. The first-order valence-corrected chi connectivity index (χ1v) is 6.02. The van der Waals surface area contributed by atoms with Crippen LogP contribution in [0.15, 0.2) is 6.07 Å². The number of nitrogens with zero attached hydrogens (tertiary/aromatic N) is 2. The van der Waals surface area contributed by atoms with Crippen LogP contribution in [0.3, 0.4) is 0 Å². The van der Waals surface area contributed by atoms with Crippen molar-refractivity contribution in [2.45, 2.75) is 39.2 Å². The van der Waals surface area contributed by atoms with Crippen LogP contribution >= 0.6 is 0 Å². The van der Waals surface area contributed by atoms with Gasteiger partial charge in [0.25, 0.3) is 0 Å². The first kappa shape index (κ1) is 12.0. The van der Waals surface area contributed by atoms with Gasteiger partial charge in [-0.15, -0.1) is 0 Å².